The third-order valence-electron chi connectivity index (χ3n) is 4.74. The molecule has 2 N–H and O–H groups in total. The summed E-state index contributed by atoms with van der Waals surface area (Å²) in [6, 6.07) is 9.73. The number of nitrogens with two attached hydrogens (primary N) is 1. The van der Waals surface area contributed by atoms with Crippen LogP contribution in [-0.4, -0.2) is 8.42 Å². The lowest BCUT2D eigenvalue weighted by molar-refractivity contribution is -0.174. The Bertz CT molecular complexity index is 1290. The Morgan fingerprint density at radius 1 is 0.618 bits per heavy atom. The van der Waals surface area contributed by atoms with Crippen LogP contribution < -0.4 is 5.14 Å². The molecule has 0 aliphatic heterocycles. The first kappa shape index (κ1) is 25.6. The van der Waals surface area contributed by atoms with E-state index < -0.39 is 61.3 Å². The second kappa shape index (κ2) is 8.31. The number of primary sulfonamides is 1. The summed E-state index contributed by atoms with van der Waals surface area (Å²) < 4.78 is 146. The van der Waals surface area contributed by atoms with Gasteiger partial charge in [0.2, 0.25) is 10.0 Å². The molecule has 0 amide bonds. The summed E-state index contributed by atoms with van der Waals surface area (Å²) >= 11 is 0. The van der Waals surface area contributed by atoms with E-state index in [-0.39, 0.29) is 23.3 Å². The van der Waals surface area contributed by atoms with E-state index in [1.165, 1.54) is 30.3 Å². The summed E-state index contributed by atoms with van der Waals surface area (Å²) in [5.41, 5.74) is -9.77. The molecule has 0 aromatic heterocycles. The van der Waals surface area contributed by atoms with Crippen molar-refractivity contribution >= 4 is 10.0 Å². The summed E-state index contributed by atoms with van der Waals surface area (Å²) in [6.07, 6.45) is -17.6. The molecule has 0 spiro atoms. The Morgan fingerprint density at radius 3 is 1.53 bits per heavy atom. The molecule has 0 atom stereocenters. The smallest absolute Gasteiger partial charge is 0.225 e. The predicted octanol–water partition coefficient (Wildman–Crippen LogP) is 6.72. The minimum Gasteiger partial charge on any atom is -0.225 e. The van der Waals surface area contributed by atoms with Crippen LogP contribution in [0.4, 0.5) is 39.5 Å². The van der Waals surface area contributed by atoms with Crippen molar-refractivity contribution in [3.8, 4) is 22.3 Å². The van der Waals surface area contributed by atoms with Crippen molar-refractivity contribution in [3.63, 3.8) is 0 Å². The number of sulfonamides is 1. The van der Waals surface area contributed by atoms with E-state index in [4.69, 9.17) is 5.14 Å². The molecule has 0 saturated carbocycles. The van der Waals surface area contributed by atoms with Crippen LogP contribution in [0.25, 0.3) is 22.3 Å². The molecule has 3 rings (SSSR count). The third-order valence-corrected chi connectivity index (χ3v) is 5.69. The second-order valence-electron chi connectivity index (χ2n) is 7.03. The number of hydrogen-bond acceptors (Lipinski definition) is 2. The van der Waals surface area contributed by atoms with Gasteiger partial charge in [-0.1, -0.05) is 42.5 Å². The molecule has 13 heteroatoms. The monoisotopic (exact) mass is 513 g/mol. The van der Waals surface area contributed by atoms with Gasteiger partial charge in [0, 0.05) is 5.56 Å². The molecule has 0 bridgehead atoms. The Balaban J connectivity index is 2.54. The molecule has 0 aliphatic carbocycles. The van der Waals surface area contributed by atoms with E-state index in [1.54, 1.807) is 0 Å². The molecule has 182 valence electrons. The van der Waals surface area contributed by atoms with E-state index in [0.717, 1.165) is 18.2 Å². The summed E-state index contributed by atoms with van der Waals surface area (Å²) in [4.78, 5) is -0.641. The van der Waals surface area contributed by atoms with E-state index in [9.17, 15) is 47.9 Å². The molecule has 0 fully saturated rings. The molecule has 3 aromatic carbocycles. The Hall–Kier alpha value is -3.06. The number of benzene rings is 3. The summed E-state index contributed by atoms with van der Waals surface area (Å²) in [6.45, 7) is 0. The van der Waals surface area contributed by atoms with Gasteiger partial charge in [-0.05, 0) is 34.9 Å². The van der Waals surface area contributed by atoms with Gasteiger partial charge in [-0.15, -0.1) is 0 Å². The maximum atomic E-state index is 13.6. The molecular weight excluding hydrogens is 501 g/mol. The Labute approximate surface area is 186 Å². The van der Waals surface area contributed by atoms with Gasteiger partial charge in [0.1, 0.15) is 0 Å². The molecule has 0 heterocycles. The highest BCUT2D eigenvalue weighted by Gasteiger charge is 2.50. The fourth-order valence-electron chi connectivity index (χ4n) is 3.46. The maximum absolute atomic E-state index is 13.6. The van der Waals surface area contributed by atoms with Crippen LogP contribution in [0.1, 0.15) is 16.7 Å². The van der Waals surface area contributed by atoms with Crippen LogP contribution in [0.3, 0.4) is 0 Å². The molecule has 0 saturated heterocycles. The van der Waals surface area contributed by atoms with Gasteiger partial charge in [-0.3, -0.25) is 0 Å². The normalized spacial score (nSPS) is 13.2. The molecule has 3 aromatic rings. The quantitative estimate of drug-likeness (QED) is 0.395. The zero-order valence-electron chi connectivity index (χ0n) is 16.5. The first-order valence-electron chi connectivity index (χ1n) is 9.03. The van der Waals surface area contributed by atoms with Crippen molar-refractivity contribution < 1.29 is 47.9 Å². The standard InChI is InChI=1S/C21H12F9NO2S/c22-19(23,24)14-9-12(10-15(20(25,26)27)18(14)21(28,29)30)13-7-4-8-16(34(31,32)33)17(13)11-5-2-1-3-6-11/h1-10H,(H2,31,32,33). The van der Waals surface area contributed by atoms with Crippen molar-refractivity contribution in [1.29, 1.82) is 0 Å². The number of halogens is 9. The SMILES string of the molecule is NS(=O)(=O)c1cccc(-c2cc(C(F)(F)F)c(C(F)(F)F)c(C(F)(F)F)c2)c1-c1ccccc1. The second-order valence-corrected chi connectivity index (χ2v) is 8.56. The lowest BCUT2D eigenvalue weighted by Gasteiger charge is -2.23. The molecule has 0 unspecified atom stereocenters. The van der Waals surface area contributed by atoms with Gasteiger partial charge in [-0.2, -0.15) is 39.5 Å². The van der Waals surface area contributed by atoms with Crippen LogP contribution in [0, 0.1) is 0 Å². The van der Waals surface area contributed by atoms with Gasteiger partial charge in [0.05, 0.1) is 21.6 Å². The Kier molecular flexibility index (Phi) is 6.25. The van der Waals surface area contributed by atoms with E-state index in [1.807, 2.05) is 0 Å². The van der Waals surface area contributed by atoms with Crippen molar-refractivity contribution in [1.82, 2.24) is 0 Å². The van der Waals surface area contributed by atoms with Crippen LogP contribution >= 0.6 is 0 Å². The van der Waals surface area contributed by atoms with Crippen LogP contribution in [0.5, 0.6) is 0 Å². The average Bonchev–Trinajstić information content (AvgIpc) is 2.70. The Morgan fingerprint density at radius 2 is 1.12 bits per heavy atom. The van der Waals surface area contributed by atoms with Crippen molar-refractivity contribution in [2.24, 2.45) is 5.14 Å². The van der Waals surface area contributed by atoms with E-state index >= 15 is 0 Å². The topological polar surface area (TPSA) is 60.2 Å². The summed E-state index contributed by atoms with van der Waals surface area (Å²) in [5, 5.41) is 5.18. The number of rotatable bonds is 3. The molecule has 0 aliphatic rings. The number of alkyl halides is 9. The zero-order valence-corrected chi connectivity index (χ0v) is 17.3. The first-order valence-corrected chi connectivity index (χ1v) is 10.6. The average molecular weight is 513 g/mol. The van der Waals surface area contributed by atoms with E-state index in [0.29, 0.717) is 0 Å². The zero-order chi connectivity index (χ0) is 25.7. The molecule has 0 radical (unpaired) electrons. The van der Waals surface area contributed by atoms with Crippen molar-refractivity contribution in [3.05, 3.63) is 77.4 Å². The van der Waals surface area contributed by atoms with Crippen molar-refractivity contribution in [2.45, 2.75) is 23.4 Å². The highest BCUT2D eigenvalue weighted by Crippen LogP contribution is 2.49. The summed E-state index contributed by atoms with van der Waals surface area (Å²) in [5.74, 6) is 0. The highest BCUT2D eigenvalue weighted by molar-refractivity contribution is 7.89. The molecular formula is C21H12F9NO2S. The lowest BCUT2D eigenvalue weighted by atomic mass is 9.89. The molecule has 3 nitrogen and oxygen atoms in total. The fourth-order valence-corrected chi connectivity index (χ4v) is 4.24. The third kappa shape index (κ3) is 5.04. The minimum atomic E-state index is -5.99. The largest absolute Gasteiger partial charge is 0.417 e. The minimum absolute atomic E-state index is 0.0455. The van der Waals surface area contributed by atoms with Crippen molar-refractivity contribution in [2.75, 3.05) is 0 Å². The van der Waals surface area contributed by atoms with Gasteiger partial charge < -0.3 is 0 Å². The maximum Gasteiger partial charge on any atom is 0.417 e. The number of hydrogen-bond donors (Lipinski definition) is 1. The fraction of sp³-hybridized carbons (Fsp3) is 0.143. The van der Waals surface area contributed by atoms with Crippen LogP contribution in [0.15, 0.2) is 65.6 Å². The van der Waals surface area contributed by atoms with Crippen LogP contribution in [0.2, 0.25) is 0 Å². The predicted molar refractivity (Wildman–Crippen MR) is 104 cm³/mol. The van der Waals surface area contributed by atoms with Crippen LogP contribution in [-0.2, 0) is 28.6 Å². The van der Waals surface area contributed by atoms with E-state index in [2.05, 4.69) is 0 Å². The van der Waals surface area contributed by atoms with Gasteiger partial charge in [0.25, 0.3) is 0 Å². The first-order chi connectivity index (χ1) is 15.4. The van der Waals surface area contributed by atoms with Gasteiger partial charge in [-0.25, -0.2) is 13.6 Å². The summed E-state index contributed by atoms with van der Waals surface area (Å²) in [7, 11) is -4.55. The van der Waals surface area contributed by atoms with Gasteiger partial charge >= 0.3 is 18.5 Å². The lowest BCUT2D eigenvalue weighted by Crippen LogP contribution is -2.23. The van der Waals surface area contributed by atoms with Gasteiger partial charge in [0.15, 0.2) is 0 Å². The molecule has 34 heavy (non-hydrogen) atoms. The highest BCUT2D eigenvalue weighted by atomic mass is 32.2.